The van der Waals surface area contributed by atoms with Crippen molar-refractivity contribution in [2.75, 3.05) is 14.2 Å². The number of benzene rings is 1. The van der Waals surface area contributed by atoms with Gasteiger partial charge in [-0.05, 0) is 32.2 Å². The smallest absolute Gasteiger partial charge is 0.127 e. The highest BCUT2D eigenvalue weighted by atomic mass is 19.1. The molecule has 1 unspecified atom stereocenters. The topological polar surface area (TPSA) is 38.5 Å². The minimum Gasteiger partial charge on any atom is -0.497 e. The molecule has 0 aliphatic carbocycles. The number of halogens is 1. The first-order chi connectivity index (χ1) is 9.11. The minimum atomic E-state index is -0.236. The maximum Gasteiger partial charge on any atom is 0.127 e. The quantitative estimate of drug-likeness (QED) is 0.832. The van der Waals surface area contributed by atoms with Crippen molar-refractivity contribution in [2.24, 2.45) is 0 Å². The van der Waals surface area contributed by atoms with Crippen molar-refractivity contribution in [3.05, 3.63) is 47.6 Å². The number of hydrogen-bond acceptors (Lipinski definition) is 4. The number of aromatic nitrogens is 1. The third-order valence-electron chi connectivity index (χ3n) is 3.22. The monoisotopic (exact) mass is 264 g/mol. The lowest BCUT2D eigenvalue weighted by atomic mass is 10.1. The van der Waals surface area contributed by atoms with E-state index in [0.717, 1.165) is 5.69 Å². The summed E-state index contributed by atoms with van der Waals surface area (Å²) in [4.78, 5) is 2.00. The van der Waals surface area contributed by atoms with Crippen LogP contribution in [-0.4, -0.2) is 24.2 Å². The van der Waals surface area contributed by atoms with Crippen molar-refractivity contribution < 1.29 is 13.7 Å². The molecule has 1 aromatic heterocycles. The molecule has 0 spiro atoms. The molecule has 2 aromatic rings. The van der Waals surface area contributed by atoms with Crippen LogP contribution in [0.25, 0.3) is 0 Å². The van der Waals surface area contributed by atoms with Gasteiger partial charge < -0.3 is 9.26 Å². The van der Waals surface area contributed by atoms with E-state index in [4.69, 9.17) is 9.26 Å². The van der Waals surface area contributed by atoms with Gasteiger partial charge in [-0.3, -0.25) is 4.90 Å². The fourth-order valence-corrected chi connectivity index (χ4v) is 1.87. The molecule has 19 heavy (non-hydrogen) atoms. The Balaban J connectivity index is 2.12. The van der Waals surface area contributed by atoms with Crippen LogP contribution in [0, 0.1) is 5.82 Å². The highest BCUT2D eigenvalue weighted by molar-refractivity contribution is 5.29. The summed E-state index contributed by atoms with van der Waals surface area (Å²) in [5.41, 5.74) is 1.42. The highest BCUT2D eigenvalue weighted by Gasteiger charge is 2.16. The molecule has 1 atom stereocenters. The van der Waals surface area contributed by atoms with E-state index < -0.39 is 0 Å². The van der Waals surface area contributed by atoms with Gasteiger partial charge in [0.2, 0.25) is 0 Å². The van der Waals surface area contributed by atoms with Crippen LogP contribution in [0.4, 0.5) is 4.39 Å². The molecule has 4 nitrogen and oxygen atoms in total. The van der Waals surface area contributed by atoms with Gasteiger partial charge in [0, 0.05) is 18.2 Å². The second kappa shape index (κ2) is 5.84. The van der Waals surface area contributed by atoms with Gasteiger partial charge >= 0.3 is 0 Å². The molecule has 0 N–H and O–H groups in total. The molecule has 1 aromatic carbocycles. The standard InChI is InChI=1S/C14H17FN2O2/c1-10(14-6-7-19-16-14)17(2)9-11-8-12(18-3)4-5-13(11)15/h4-8,10H,9H2,1-3H3. The number of methoxy groups -OCH3 is 1. The van der Waals surface area contributed by atoms with Gasteiger partial charge in [0.15, 0.2) is 0 Å². The third kappa shape index (κ3) is 3.12. The van der Waals surface area contributed by atoms with Crippen molar-refractivity contribution in [1.82, 2.24) is 10.1 Å². The van der Waals surface area contributed by atoms with Crippen molar-refractivity contribution in [3.63, 3.8) is 0 Å². The maximum absolute atomic E-state index is 13.8. The van der Waals surface area contributed by atoms with Crippen LogP contribution in [0.15, 0.2) is 35.1 Å². The van der Waals surface area contributed by atoms with E-state index in [1.807, 2.05) is 24.9 Å². The van der Waals surface area contributed by atoms with E-state index >= 15 is 0 Å². The average molecular weight is 264 g/mol. The van der Waals surface area contributed by atoms with Gasteiger partial charge in [-0.1, -0.05) is 5.16 Å². The molecule has 0 aliphatic heterocycles. The summed E-state index contributed by atoms with van der Waals surface area (Å²) in [5.74, 6) is 0.416. The van der Waals surface area contributed by atoms with Gasteiger partial charge in [0.05, 0.1) is 13.2 Å². The lowest BCUT2D eigenvalue weighted by molar-refractivity contribution is 0.237. The van der Waals surface area contributed by atoms with E-state index in [1.54, 1.807) is 19.2 Å². The summed E-state index contributed by atoms with van der Waals surface area (Å²) in [7, 11) is 3.48. The summed E-state index contributed by atoms with van der Waals surface area (Å²) in [5, 5.41) is 3.90. The number of nitrogens with zero attached hydrogens (tertiary/aromatic N) is 2. The fourth-order valence-electron chi connectivity index (χ4n) is 1.87. The zero-order valence-corrected chi connectivity index (χ0v) is 11.3. The predicted molar refractivity (Wildman–Crippen MR) is 69.3 cm³/mol. The van der Waals surface area contributed by atoms with Gasteiger partial charge in [-0.15, -0.1) is 0 Å². The molecular formula is C14H17FN2O2. The SMILES string of the molecule is COc1ccc(F)c(CN(C)C(C)c2ccon2)c1. The summed E-state index contributed by atoms with van der Waals surface area (Å²) < 4.78 is 23.7. The Morgan fingerprint density at radius 1 is 1.42 bits per heavy atom. The normalized spacial score (nSPS) is 12.7. The van der Waals surface area contributed by atoms with E-state index in [-0.39, 0.29) is 11.9 Å². The van der Waals surface area contributed by atoms with Crippen LogP contribution in [0.1, 0.15) is 24.2 Å². The molecule has 0 amide bonds. The fraction of sp³-hybridized carbons (Fsp3) is 0.357. The summed E-state index contributed by atoms with van der Waals surface area (Å²) in [6, 6.07) is 6.59. The molecule has 0 bridgehead atoms. The number of hydrogen-bond donors (Lipinski definition) is 0. The molecule has 5 heteroatoms. The summed E-state index contributed by atoms with van der Waals surface area (Å²) >= 11 is 0. The molecule has 1 heterocycles. The first kappa shape index (κ1) is 13.5. The van der Waals surface area contributed by atoms with Crippen LogP contribution in [0.5, 0.6) is 5.75 Å². The number of rotatable bonds is 5. The van der Waals surface area contributed by atoms with Gasteiger partial charge in [-0.2, -0.15) is 0 Å². The summed E-state index contributed by atoms with van der Waals surface area (Å²) in [6.07, 6.45) is 1.53. The molecule has 0 fully saturated rings. The van der Waals surface area contributed by atoms with Gasteiger partial charge in [0.1, 0.15) is 23.5 Å². The first-order valence-electron chi connectivity index (χ1n) is 6.04. The van der Waals surface area contributed by atoms with Crippen LogP contribution in [0.2, 0.25) is 0 Å². The molecule has 0 aliphatic rings. The maximum atomic E-state index is 13.8. The van der Waals surface area contributed by atoms with Crippen LogP contribution in [-0.2, 0) is 6.54 Å². The predicted octanol–water partition coefficient (Wildman–Crippen LogP) is 3.02. The van der Waals surface area contributed by atoms with Gasteiger partial charge in [0.25, 0.3) is 0 Å². The highest BCUT2D eigenvalue weighted by Crippen LogP contribution is 2.22. The van der Waals surface area contributed by atoms with Crippen molar-refractivity contribution in [1.29, 1.82) is 0 Å². The average Bonchev–Trinajstić information content (AvgIpc) is 2.94. The van der Waals surface area contributed by atoms with Crippen LogP contribution < -0.4 is 4.74 Å². The minimum absolute atomic E-state index is 0.0457. The van der Waals surface area contributed by atoms with Crippen molar-refractivity contribution >= 4 is 0 Å². The summed E-state index contributed by atoms with van der Waals surface area (Å²) in [6.45, 7) is 2.47. The Bertz CT molecular complexity index is 528. The van der Waals surface area contributed by atoms with Crippen LogP contribution >= 0.6 is 0 Å². The molecule has 2 rings (SSSR count). The number of ether oxygens (including phenoxy) is 1. The Morgan fingerprint density at radius 3 is 2.84 bits per heavy atom. The lowest BCUT2D eigenvalue weighted by Gasteiger charge is -2.23. The Kier molecular flexibility index (Phi) is 4.16. The Morgan fingerprint density at radius 2 is 2.21 bits per heavy atom. The zero-order chi connectivity index (χ0) is 13.8. The van der Waals surface area contributed by atoms with E-state index in [2.05, 4.69) is 5.16 Å². The van der Waals surface area contributed by atoms with E-state index in [1.165, 1.54) is 12.3 Å². The first-order valence-corrected chi connectivity index (χ1v) is 6.04. The third-order valence-corrected chi connectivity index (χ3v) is 3.22. The van der Waals surface area contributed by atoms with E-state index in [9.17, 15) is 4.39 Å². The largest absolute Gasteiger partial charge is 0.497 e. The second-order valence-corrected chi connectivity index (χ2v) is 4.47. The Labute approximate surface area is 111 Å². The molecule has 0 saturated carbocycles. The molecule has 0 saturated heterocycles. The van der Waals surface area contributed by atoms with Crippen LogP contribution in [0.3, 0.4) is 0 Å². The lowest BCUT2D eigenvalue weighted by Crippen LogP contribution is -2.22. The molecule has 0 radical (unpaired) electrons. The molecular weight excluding hydrogens is 247 g/mol. The zero-order valence-electron chi connectivity index (χ0n) is 11.3. The molecule has 102 valence electrons. The van der Waals surface area contributed by atoms with Crippen molar-refractivity contribution in [2.45, 2.75) is 19.5 Å². The Hall–Kier alpha value is -1.88. The van der Waals surface area contributed by atoms with Crippen molar-refractivity contribution in [3.8, 4) is 5.75 Å². The second-order valence-electron chi connectivity index (χ2n) is 4.47. The van der Waals surface area contributed by atoms with E-state index in [0.29, 0.717) is 17.9 Å². The van der Waals surface area contributed by atoms with Gasteiger partial charge in [-0.25, -0.2) is 4.39 Å².